The van der Waals surface area contributed by atoms with Gasteiger partial charge in [-0.3, -0.25) is 19.3 Å². The lowest BCUT2D eigenvalue weighted by atomic mass is 9.99. The van der Waals surface area contributed by atoms with E-state index in [0.29, 0.717) is 24.0 Å². The van der Waals surface area contributed by atoms with Crippen LogP contribution in [-0.2, 0) is 14.8 Å². The molecule has 0 saturated carbocycles. The van der Waals surface area contributed by atoms with E-state index in [9.17, 15) is 22.8 Å². The van der Waals surface area contributed by atoms with Crippen LogP contribution in [0, 0.1) is 11.8 Å². The molecule has 2 aliphatic rings. The molecule has 1 saturated heterocycles. The normalized spacial score (nSPS) is 23.1. The van der Waals surface area contributed by atoms with Crippen molar-refractivity contribution in [1.29, 1.82) is 0 Å². The molecule has 1 aromatic carbocycles. The van der Waals surface area contributed by atoms with Gasteiger partial charge in [0.15, 0.2) is 0 Å². The lowest BCUT2D eigenvalue weighted by Gasteiger charge is -2.17. The van der Waals surface area contributed by atoms with Gasteiger partial charge in [-0.2, -0.15) is 0 Å². The molecule has 0 aliphatic carbocycles. The third kappa shape index (κ3) is 3.74. The Bertz CT molecular complexity index is 847. The Morgan fingerprint density at radius 2 is 1.70 bits per heavy atom. The second-order valence-corrected chi connectivity index (χ2v) is 9.16. The van der Waals surface area contributed by atoms with Gasteiger partial charge < -0.3 is 5.11 Å². The average molecular weight is 394 g/mol. The summed E-state index contributed by atoms with van der Waals surface area (Å²) in [4.78, 5) is 36.8. The number of aliphatic carboxylic acids is 1. The van der Waals surface area contributed by atoms with Crippen molar-refractivity contribution in [2.45, 2.75) is 19.8 Å². The van der Waals surface area contributed by atoms with Crippen LogP contribution in [-0.4, -0.2) is 65.9 Å². The summed E-state index contributed by atoms with van der Waals surface area (Å²) in [6.07, 6.45) is 0.662. The Hall–Kier alpha value is -2.26. The quantitative estimate of drug-likeness (QED) is 0.546. The molecule has 2 amide bonds. The van der Waals surface area contributed by atoms with E-state index in [1.165, 1.54) is 4.31 Å². The molecule has 1 fully saturated rings. The van der Waals surface area contributed by atoms with Crippen molar-refractivity contribution in [3.63, 3.8) is 0 Å². The number of fused-ring (bicyclic) bond motifs is 1. The zero-order chi connectivity index (χ0) is 19.8. The van der Waals surface area contributed by atoms with Crippen molar-refractivity contribution < 1.29 is 27.9 Å². The highest BCUT2D eigenvalue weighted by atomic mass is 32.2. The number of carbonyl (C=O) groups excluding carboxylic acids is 2. The standard InChI is InChI=1S/C18H22N2O6S/c1-12-10-19(11-15(12)18(23)24)27(25,26)9-5-4-8-20-16(21)13-6-2-3-7-14(13)17(20)22/h2-3,6-7,12,15H,4-5,8-11H2,1H3,(H,23,24)/t12-,15-/m1/s1. The lowest BCUT2D eigenvalue weighted by molar-refractivity contribution is -0.142. The number of carboxylic acid groups (broad SMARTS) is 1. The first-order valence-corrected chi connectivity index (χ1v) is 10.5. The van der Waals surface area contributed by atoms with Gasteiger partial charge in [0.05, 0.1) is 22.8 Å². The molecular formula is C18H22N2O6S. The topological polar surface area (TPSA) is 112 Å². The molecule has 2 atom stereocenters. The highest BCUT2D eigenvalue weighted by Crippen LogP contribution is 2.26. The van der Waals surface area contributed by atoms with Gasteiger partial charge in [0.1, 0.15) is 0 Å². The Morgan fingerprint density at radius 3 is 2.22 bits per heavy atom. The summed E-state index contributed by atoms with van der Waals surface area (Å²) >= 11 is 0. The number of hydrogen-bond acceptors (Lipinski definition) is 5. The lowest BCUT2D eigenvalue weighted by Crippen LogP contribution is -2.33. The van der Waals surface area contributed by atoms with Gasteiger partial charge in [0.2, 0.25) is 10.0 Å². The van der Waals surface area contributed by atoms with E-state index in [1.807, 2.05) is 0 Å². The first-order chi connectivity index (χ1) is 12.7. The minimum absolute atomic E-state index is 0.00274. The molecule has 0 radical (unpaired) electrons. The molecule has 1 N–H and O–H groups in total. The van der Waals surface area contributed by atoms with Crippen LogP contribution < -0.4 is 0 Å². The molecular weight excluding hydrogens is 372 g/mol. The highest BCUT2D eigenvalue weighted by molar-refractivity contribution is 7.89. The van der Waals surface area contributed by atoms with Crippen molar-refractivity contribution in [2.75, 3.05) is 25.4 Å². The molecule has 27 heavy (non-hydrogen) atoms. The second-order valence-electron chi connectivity index (χ2n) is 7.07. The van der Waals surface area contributed by atoms with Crippen LogP contribution in [0.3, 0.4) is 0 Å². The van der Waals surface area contributed by atoms with Crippen LogP contribution in [0.1, 0.15) is 40.5 Å². The molecule has 8 nitrogen and oxygen atoms in total. The van der Waals surface area contributed by atoms with Crippen LogP contribution in [0.2, 0.25) is 0 Å². The van der Waals surface area contributed by atoms with Gasteiger partial charge >= 0.3 is 5.97 Å². The van der Waals surface area contributed by atoms with Crippen LogP contribution >= 0.6 is 0 Å². The third-order valence-electron chi connectivity index (χ3n) is 5.20. The van der Waals surface area contributed by atoms with Crippen LogP contribution in [0.15, 0.2) is 24.3 Å². The zero-order valence-corrected chi connectivity index (χ0v) is 15.8. The first kappa shape index (κ1) is 19.5. The zero-order valence-electron chi connectivity index (χ0n) is 15.0. The molecule has 1 aromatic rings. The predicted octanol–water partition coefficient (Wildman–Crippen LogP) is 1.05. The van der Waals surface area contributed by atoms with E-state index in [4.69, 9.17) is 5.11 Å². The van der Waals surface area contributed by atoms with Crippen LogP contribution in [0.25, 0.3) is 0 Å². The molecule has 9 heteroatoms. The van der Waals surface area contributed by atoms with Gasteiger partial charge in [0.25, 0.3) is 11.8 Å². The van der Waals surface area contributed by atoms with Gasteiger partial charge in [0, 0.05) is 19.6 Å². The summed E-state index contributed by atoms with van der Waals surface area (Å²) < 4.78 is 26.1. The number of carbonyl (C=O) groups is 3. The molecule has 2 aliphatic heterocycles. The maximum atomic E-state index is 12.4. The predicted molar refractivity (Wildman–Crippen MR) is 96.7 cm³/mol. The van der Waals surface area contributed by atoms with Crippen molar-refractivity contribution >= 4 is 27.8 Å². The molecule has 2 heterocycles. The summed E-state index contributed by atoms with van der Waals surface area (Å²) in [5, 5.41) is 9.14. The Labute approximate surface area is 157 Å². The van der Waals surface area contributed by atoms with Crippen molar-refractivity contribution in [2.24, 2.45) is 11.8 Å². The third-order valence-corrected chi connectivity index (χ3v) is 7.09. The Morgan fingerprint density at radius 1 is 1.11 bits per heavy atom. The van der Waals surface area contributed by atoms with E-state index in [0.717, 1.165) is 4.90 Å². The summed E-state index contributed by atoms with van der Waals surface area (Å²) in [6, 6.07) is 6.60. The van der Waals surface area contributed by atoms with E-state index < -0.39 is 21.9 Å². The fourth-order valence-electron chi connectivity index (χ4n) is 3.60. The maximum Gasteiger partial charge on any atom is 0.308 e. The van der Waals surface area contributed by atoms with Gasteiger partial charge in [-0.25, -0.2) is 12.7 Å². The van der Waals surface area contributed by atoms with Crippen LogP contribution in [0.5, 0.6) is 0 Å². The molecule has 146 valence electrons. The Balaban J connectivity index is 1.51. The maximum absolute atomic E-state index is 12.4. The van der Waals surface area contributed by atoms with E-state index in [-0.39, 0.29) is 43.1 Å². The minimum atomic E-state index is -3.55. The number of nitrogens with zero attached hydrogens (tertiary/aromatic N) is 2. The molecule has 0 spiro atoms. The molecule has 3 rings (SSSR count). The van der Waals surface area contributed by atoms with Crippen molar-refractivity contribution in [3.05, 3.63) is 35.4 Å². The van der Waals surface area contributed by atoms with Gasteiger partial charge in [-0.1, -0.05) is 19.1 Å². The van der Waals surface area contributed by atoms with Crippen molar-refractivity contribution in [1.82, 2.24) is 9.21 Å². The van der Waals surface area contributed by atoms with Crippen LogP contribution in [0.4, 0.5) is 0 Å². The SMILES string of the molecule is C[C@@H]1CN(S(=O)(=O)CCCCN2C(=O)c3ccccc3C2=O)C[C@H]1C(=O)O. The number of rotatable bonds is 7. The van der Waals surface area contributed by atoms with E-state index >= 15 is 0 Å². The van der Waals surface area contributed by atoms with E-state index in [2.05, 4.69) is 0 Å². The minimum Gasteiger partial charge on any atom is -0.481 e. The summed E-state index contributed by atoms with van der Waals surface area (Å²) in [6.45, 7) is 2.10. The molecule has 0 bridgehead atoms. The largest absolute Gasteiger partial charge is 0.481 e. The average Bonchev–Trinajstić information content (AvgIpc) is 3.13. The summed E-state index contributed by atoms with van der Waals surface area (Å²) in [7, 11) is -3.55. The Kier molecular flexibility index (Phi) is 5.34. The fourth-order valence-corrected chi connectivity index (χ4v) is 5.27. The summed E-state index contributed by atoms with van der Waals surface area (Å²) in [5.41, 5.74) is 0.752. The number of unbranched alkanes of at least 4 members (excludes halogenated alkanes) is 1. The second kappa shape index (κ2) is 7.40. The summed E-state index contributed by atoms with van der Waals surface area (Å²) in [5.74, 6) is -2.72. The number of hydrogen-bond donors (Lipinski definition) is 1. The highest BCUT2D eigenvalue weighted by Gasteiger charge is 2.40. The van der Waals surface area contributed by atoms with Gasteiger partial charge in [-0.05, 0) is 30.9 Å². The van der Waals surface area contributed by atoms with Gasteiger partial charge in [-0.15, -0.1) is 0 Å². The number of sulfonamides is 1. The van der Waals surface area contributed by atoms with Crippen molar-refractivity contribution in [3.8, 4) is 0 Å². The number of carboxylic acids is 1. The monoisotopic (exact) mass is 394 g/mol. The number of amides is 2. The molecule has 0 unspecified atom stereocenters. The molecule has 0 aromatic heterocycles. The number of benzene rings is 1. The van der Waals surface area contributed by atoms with E-state index in [1.54, 1.807) is 31.2 Å². The number of imide groups is 1. The first-order valence-electron chi connectivity index (χ1n) is 8.88. The fraction of sp³-hybridized carbons (Fsp3) is 0.500. The smallest absolute Gasteiger partial charge is 0.308 e.